The summed E-state index contributed by atoms with van der Waals surface area (Å²) in [5.41, 5.74) is 2.55. The molecule has 6 nitrogen and oxygen atoms in total. The molecule has 0 aliphatic heterocycles. The lowest BCUT2D eigenvalue weighted by molar-refractivity contribution is 0.0688. The third kappa shape index (κ3) is 2.93. The molecule has 0 atom stereocenters. The second-order valence-corrected chi connectivity index (χ2v) is 6.05. The molecule has 1 aromatic heterocycles. The first-order chi connectivity index (χ1) is 11.1. The van der Waals surface area contributed by atoms with Crippen molar-refractivity contribution in [2.45, 2.75) is 44.9 Å². The Hall–Kier alpha value is -2.37. The minimum absolute atomic E-state index is 0.0560. The van der Waals surface area contributed by atoms with E-state index >= 15 is 0 Å². The van der Waals surface area contributed by atoms with Crippen molar-refractivity contribution in [1.29, 1.82) is 0 Å². The number of nitrogens with zero attached hydrogens (tertiary/aromatic N) is 3. The number of benzene rings is 1. The summed E-state index contributed by atoms with van der Waals surface area (Å²) in [5, 5.41) is 17.6. The summed E-state index contributed by atoms with van der Waals surface area (Å²) >= 11 is 0. The third-order valence-electron chi connectivity index (χ3n) is 4.46. The highest BCUT2D eigenvalue weighted by molar-refractivity contribution is 5.87. The van der Waals surface area contributed by atoms with Crippen LogP contribution in [0.1, 0.15) is 59.8 Å². The summed E-state index contributed by atoms with van der Waals surface area (Å²) in [6.07, 6.45) is 5.37. The quantitative estimate of drug-likeness (QED) is 0.936. The molecule has 0 radical (unpaired) electrons. The van der Waals surface area contributed by atoms with Crippen LogP contribution in [0, 0.1) is 6.92 Å². The Morgan fingerprint density at radius 2 is 2.04 bits per heavy atom. The standard InChI is InChI=1S/C17H21N3O3/c1-11-8-9-14(23-2)13(10-11)20-16(12-6-4-3-5-7-12)15(17(21)22)18-19-20/h8-10,12H,3-7H2,1-2H3,(H,21,22). The zero-order chi connectivity index (χ0) is 16.4. The lowest BCUT2D eigenvalue weighted by Gasteiger charge is -2.23. The molecule has 1 heterocycles. The fourth-order valence-corrected chi connectivity index (χ4v) is 3.33. The van der Waals surface area contributed by atoms with E-state index in [1.807, 2.05) is 25.1 Å². The number of carbonyl (C=O) groups is 1. The molecule has 0 unspecified atom stereocenters. The van der Waals surface area contributed by atoms with Crippen LogP contribution < -0.4 is 4.74 Å². The first-order valence-corrected chi connectivity index (χ1v) is 7.95. The summed E-state index contributed by atoms with van der Waals surface area (Å²) in [4.78, 5) is 11.6. The predicted molar refractivity (Wildman–Crippen MR) is 85.4 cm³/mol. The average molecular weight is 315 g/mol. The molecule has 1 aliphatic carbocycles. The van der Waals surface area contributed by atoms with Gasteiger partial charge in [0.1, 0.15) is 11.4 Å². The maximum atomic E-state index is 11.6. The molecule has 1 N–H and O–H groups in total. The lowest BCUT2D eigenvalue weighted by Crippen LogP contribution is -2.15. The largest absolute Gasteiger partial charge is 0.494 e. The van der Waals surface area contributed by atoms with E-state index in [1.165, 1.54) is 6.42 Å². The Morgan fingerprint density at radius 1 is 1.30 bits per heavy atom. The number of aromatic nitrogens is 3. The van der Waals surface area contributed by atoms with E-state index in [4.69, 9.17) is 4.74 Å². The number of aryl methyl sites for hydroxylation is 1. The van der Waals surface area contributed by atoms with E-state index in [-0.39, 0.29) is 11.6 Å². The lowest BCUT2D eigenvalue weighted by atomic mass is 9.86. The van der Waals surface area contributed by atoms with Crippen LogP contribution >= 0.6 is 0 Å². The molecule has 1 saturated carbocycles. The molecule has 1 aromatic carbocycles. The van der Waals surface area contributed by atoms with Gasteiger partial charge in [-0.2, -0.15) is 0 Å². The highest BCUT2D eigenvalue weighted by Crippen LogP contribution is 2.36. The zero-order valence-corrected chi connectivity index (χ0v) is 13.5. The number of ether oxygens (including phenoxy) is 1. The van der Waals surface area contributed by atoms with Crippen LogP contribution in [0.2, 0.25) is 0 Å². The van der Waals surface area contributed by atoms with Crippen molar-refractivity contribution in [1.82, 2.24) is 15.0 Å². The molecule has 23 heavy (non-hydrogen) atoms. The number of hydrogen-bond acceptors (Lipinski definition) is 4. The minimum atomic E-state index is -1.02. The van der Waals surface area contributed by atoms with Crippen molar-refractivity contribution < 1.29 is 14.6 Å². The molecule has 1 fully saturated rings. The van der Waals surface area contributed by atoms with Gasteiger partial charge in [-0.15, -0.1) is 5.10 Å². The second-order valence-electron chi connectivity index (χ2n) is 6.05. The number of hydrogen-bond donors (Lipinski definition) is 1. The van der Waals surface area contributed by atoms with Gasteiger partial charge in [0.05, 0.1) is 12.8 Å². The summed E-state index contributed by atoms with van der Waals surface area (Å²) in [6, 6.07) is 5.78. The molecule has 6 heteroatoms. The van der Waals surface area contributed by atoms with Crippen LogP contribution in [0.5, 0.6) is 5.75 Å². The number of aromatic carboxylic acids is 1. The van der Waals surface area contributed by atoms with Crippen molar-refractivity contribution in [3.63, 3.8) is 0 Å². The van der Waals surface area contributed by atoms with Gasteiger partial charge in [-0.25, -0.2) is 9.48 Å². The van der Waals surface area contributed by atoms with Crippen LogP contribution in [-0.2, 0) is 0 Å². The predicted octanol–water partition coefficient (Wildman–Crippen LogP) is 3.33. The van der Waals surface area contributed by atoms with Crippen molar-refractivity contribution in [2.24, 2.45) is 0 Å². The van der Waals surface area contributed by atoms with Gasteiger partial charge in [0, 0.05) is 5.92 Å². The zero-order valence-electron chi connectivity index (χ0n) is 13.5. The molecular weight excluding hydrogens is 294 g/mol. The maximum absolute atomic E-state index is 11.6. The van der Waals surface area contributed by atoms with Crippen molar-refractivity contribution in [3.8, 4) is 11.4 Å². The first-order valence-electron chi connectivity index (χ1n) is 7.95. The normalized spacial score (nSPS) is 15.6. The molecule has 122 valence electrons. The smallest absolute Gasteiger partial charge is 0.358 e. The Kier molecular flexibility index (Phi) is 4.32. The van der Waals surface area contributed by atoms with Crippen molar-refractivity contribution >= 4 is 5.97 Å². The van der Waals surface area contributed by atoms with Crippen molar-refractivity contribution in [2.75, 3.05) is 7.11 Å². The van der Waals surface area contributed by atoms with Gasteiger partial charge in [-0.3, -0.25) is 0 Å². The van der Waals surface area contributed by atoms with Gasteiger partial charge in [-0.05, 0) is 37.5 Å². The van der Waals surface area contributed by atoms with Gasteiger partial charge in [-0.1, -0.05) is 30.5 Å². The van der Waals surface area contributed by atoms with Crippen LogP contribution in [0.25, 0.3) is 5.69 Å². The molecule has 2 aromatic rings. The maximum Gasteiger partial charge on any atom is 0.358 e. The summed E-state index contributed by atoms with van der Waals surface area (Å²) in [5.74, 6) is -0.187. The Morgan fingerprint density at radius 3 is 2.70 bits per heavy atom. The number of carboxylic acid groups (broad SMARTS) is 1. The molecule has 3 rings (SSSR count). The van der Waals surface area contributed by atoms with Gasteiger partial charge < -0.3 is 9.84 Å². The number of rotatable bonds is 4. The van der Waals surface area contributed by atoms with E-state index in [0.29, 0.717) is 11.4 Å². The van der Waals surface area contributed by atoms with Crippen LogP contribution in [0.3, 0.4) is 0 Å². The van der Waals surface area contributed by atoms with Crippen LogP contribution in [-0.4, -0.2) is 33.2 Å². The Bertz CT molecular complexity index is 718. The highest BCUT2D eigenvalue weighted by atomic mass is 16.5. The van der Waals surface area contributed by atoms with Gasteiger partial charge in [0.2, 0.25) is 0 Å². The van der Waals surface area contributed by atoms with E-state index in [1.54, 1.807) is 11.8 Å². The molecule has 0 spiro atoms. The summed E-state index contributed by atoms with van der Waals surface area (Å²) in [7, 11) is 1.60. The Labute approximate surface area is 135 Å². The van der Waals surface area contributed by atoms with Gasteiger partial charge >= 0.3 is 5.97 Å². The Balaban J connectivity index is 2.16. The molecule has 0 saturated heterocycles. The topological polar surface area (TPSA) is 77.2 Å². The fraction of sp³-hybridized carbons (Fsp3) is 0.471. The van der Waals surface area contributed by atoms with E-state index in [0.717, 1.165) is 36.9 Å². The summed E-state index contributed by atoms with van der Waals surface area (Å²) < 4.78 is 7.09. The molecule has 0 bridgehead atoms. The van der Waals surface area contributed by atoms with Crippen LogP contribution in [0.4, 0.5) is 0 Å². The monoisotopic (exact) mass is 315 g/mol. The van der Waals surface area contributed by atoms with Gasteiger partial charge in [0.25, 0.3) is 0 Å². The van der Waals surface area contributed by atoms with Gasteiger partial charge in [0.15, 0.2) is 5.69 Å². The third-order valence-corrected chi connectivity index (χ3v) is 4.46. The average Bonchev–Trinajstić information content (AvgIpc) is 3.00. The van der Waals surface area contributed by atoms with Crippen molar-refractivity contribution in [3.05, 3.63) is 35.2 Å². The minimum Gasteiger partial charge on any atom is -0.494 e. The summed E-state index contributed by atoms with van der Waals surface area (Å²) in [6.45, 7) is 1.98. The molecule has 1 aliphatic rings. The second kappa shape index (κ2) is 6.40. The van der Waals surface area contributed by atoms with E-state index in [2.05, 4.69) is 10.3 Å². The molecular formula is C17H21N3O3. The highest BCUT2D eigenvalue weighted by Gasteiger charge is 2.29. The number of carboxylic acids is 1. The van der Waals surface area contributed by atoms with E-state index in [9.17, 15) is 9.90 Å². The van der Waals surface area contributed by atoms with E-state index < -0.39 is 5.97 Å². The molecule has 0 amide bonds. The first kappa shape index (κ1) is 15.5. The van der Waals surface area contributed by atoms with Crippen LogP contribution in [0.15, 0.2) is 18.2 Å². The number of methoxy groups -OCH3 is 1. The SMILES string of the molecule is COc1ccc(C)cc1-n1nnc(C(=O)O)c1C1CCCCC1. The fourth-order valence-electron chi connectivity index (χ4n) is 3.33.